The van der Waals surface area contributed by atoms with Gasteiger partial charge in [0.2, 0.25) is 5.91 Å². The topological polar surface area (TPSA) is 105 Å². The lowest BCUT2D eigenvalue weighted by Gasteiger charge is -2.06. The Labute approximate surface area is 138 Å². The Balaban J connectivity index is 1.98. The number of amides is 1. The van der Waals surface area contributed by atoms with Crippen molar-refractivity contribution in [3.63, 3.8) is 0 Å². The van der Waals surface area contributed by atoms with Crippen LogP contribution >= 0.6 is 0 Å². The first kappa shape index (κ1) is 17.1. The van der Waals surface area contributed by atoms with Crippen LogP contribution in [0.1, 0.15) is 22.4 Å². The van der Waals surface area contributed by atoms with Gasteiger partial charge in [-0.15, -0.1) is 0 Å². The van der Waals surface area contributed by atoms with Crippen molar-refractivity contribution >= 4 is 17.7 Å². The number of non-ortho nitro benzene ring substituents is 1. The van der Waals surface area contributed by atoms with Gasteiger partial charge in [0.05, 0.1) is 4.92 Å². The number of carbonyl (C=O) groups excluding carboxylic acids is 1. The third-order valence-electron chi connectivity index (χ3n) is 3.46. The average molecular weight is 327 g/mol. The molecule has 0 atom stereocenters. The lowest BCUT2D eigenvalue weighted by molar-refractivity contribution is -0.384. The zero-order valence-electron chi connectivity index (χ0n) is 13.3. The maximum absolute atomic E-state index is 11.9. The number of benzene rings is 1. The third-order valence-corrected chi connectivity index (χ3v) is 3.46. The molecule has 0 unspecified atom stereocenters. The lowest BCUT2D eigenvalue weighted by atomic mass is 10.1. The molecule has 124 valence electrons. The van der Waals surface area contributed by atoms with Crippen LogP contribution in [0.3, 0.4) is 0 Å². The first-order valence-electron chi connectivity index (χ1n) is 7.26. The number of hydrogen-bond donors (Lipinski definition) is 2. The van der Waals surface area contributed by atoms with E-state index < -0.39 is 4.92 Å². The minimum Gasteiger partial charge on any atom is -0.348 e. The molecule has 0 aliphatic carbocycles. The molecule has 0 aliphatic heterocycles. The summed E-state index contributed by atoms with van der Waals surface area (Å²) in [5.41, 5.74) is 2.54. The summed E-state index contributed by atoms with van der Waals surface area (Å²) in [6.45, 7) is 3.74. The highest BCUT2D eigenvalue weighted by atomic mass is 16.6. The van der Waals surface area contributed by atoms with Gasteiger partial charge in [0.1, 0.15) is 0 Å². The molecule has 0 radical (unpaired) electrons. The molecule has 1 heterocycles. The number of nitro benzene ring substituents is 1. The molecule has 7 nitrogen and oxygen atoms in total. The highest BCUT2D eigenvalue weighted by molar-refractivity contribution is 5.91. The summed E-state index contributed by atoms with van der Waals surface area (Å²) in [6, 6.07) is 7.68. The maximum atomic E-state index is 11.9. The fourth-order valence-corrected chi connectivity index (χ4v) is 2.21. The summed E-state index contributed by atoms with van der Waals surface area (Å²) < 4.78 is 0. The summed E-state index contributed by atoms with van der Waals surface area (Å²) in [7, 11) is 0. The van der Waals surface area contributed by atoms with E-state index in [2.05, 4.69) is 10.3 Å². The van der Waals surface area contributed by atoms with E-state index in [1.54, 1.807) is 25.1 Å². The fraction of sp³-hybridized carbons (Fsp3) is 0.176. The molecule has 2 aromatic rings. The summed E-state index contributed by atoms with van der Waals surface area (Å²) in [6.07, 6.45) is 2.87. The largest absolute Gasteiger partial charge is 0.348 e. The molecular weight excluding hydrogens is 310 g/mol. The molecule has 1 aromatic heterocycles. The maximum Gasteiger partial charge on any atom is 0.269 e. The molecule has 0 saturated carbocycles. The number of hydrogen-bond acceptors (Lipinski definition) is 4. The second-order valence-corrected chi connectivity index (χ2v) is 5.34. The second kappa shape index (κ2) is 7.36. The monoisotopic (exact) mass is 327 g/mol. The van der Waals surface area contributed by atoms with E-state index in [0.29, 0.717) is 11.1 Å². The normalized spacial score (nSPS) is 10.8. The Morgan fingerprint density at radius 2 is 1.96 bits per heavy atom. The van der Waals surface area contributed by atoms with E-state index >= 15 is 0 Å². The zero-order valence-corrected chi connectivity index (χ0v) is 13.3. The smallest absolute Gasteiger partial charge is 0.269 e. The molecule has 0 fully saturated rings. The molecule has 0 spiro atoms. The van der Waals surface area contributed by atoms with Gasteiger partial charge in [0, 0.05) is 36.0 Å². The quantitative estimate of drug-likeness (QED) is 0.499. The SMILES string of the molecule is Cc1cc(C)c(CNC(=O)/C=C/c2ccc([N+](=O)[O-])cc2)c(=O)[nH]1. The van der Waals surface area contributed by atoms with Crippen LogP contribution in [0.4, 0.5) is 5.69 Å². The van der Waals surface area contributed by atoms with Crippen molar-refractivity contribution in [3.05, 3.63) is 79.3 Å². The standard InChI is InChI=1S/C17H17N3O4/c1-11-9-12(2)19-17(22)15(11)10-18-16(21)8-5-13-3-6-14(7-4-13)20(23)24/h3-9H,10H2,1-2H3,(H,18,21)(H,19,22)/b8-5+. The molecule has 2 rings (SSSR count). The van der Waals surface area contributed by atoms with Crippen molar-refractivity contribution in [2.24, 2.45) is 0 Å². The van der Waals surface area contributed by atoms with Gasteiger partial charge >= 0.3 is 0 Å². The number of aromatic nitrogens is 1. The van der Waals surface area contributed by atoms with Crippen LogP contribution in [-0.2, 0) is 11.3 Å². The first-order valence-corrected chi connectivity index (χ1v) is 7.26. The third kappa shape index (κ3) is 4.39. The van der Waals surface area contributed by atoms with Crippen LogP contribution in [0.25, 0.3) is 6.08 Å². The molecule has 2 N–H and O–H groups in total. The Morgan fingerprint density at radius 3 is 2.54 bits per heavy atom. The molecular formula is C17H17N3O4. The van der Waals surface area contributed by atoms with E-state index in [1.165, 1.54) is 18.2 Å². The summed E-state index contributed by atoms with van der Waals surface area (Å²) in [5.74, 6) is -0.354. The fourth-order valence-electron chi connectivity index (χ4n) is 2.21. The molecule has 0 bridgehead atoms. The van der Waals surface area contributed by atoms with Crippen LogP contribution in [-0.4, -0.2) is 15.8 Å². The van der Waals surface area contributed by atoms with Crippen LogP contribution in [0, 0.1) is 24.0 Å². The number of nitro groups is 1. The van der Waals surface area contributed by atoms with Gasteiger partial charge < -0.3 is 10.3 Å². The van der Waals surface area contributed by atoms with Crippen molar-refractivity contribution in [2.45, 2.75) is 20.4 Å². The number of carbonyl (C=O) groups is 1. The van der Waals surface area contributed by atoms with Crippen LogP contribution in [0.2, 0.25) is 0 Å². The van der Waals surface area contributed by atoms with E-state index in [-0.39, 0.29) is 23.7 Å². The van der Waals surface area contributed by atoms with E-state index in [4.69, 9.17) is 0 Å². The van der Waals surface area contributed by atoms with Gasteiger partial charge in [-0.3, -0.25) is 19.7 Å². The number of aryl methyl sites for hydroxylation is 2. The van der Waals surface area contributed by atoms with Crippen LogP contribution in [0.15, 0.2) is 41.2 Å². The lowest BCUT2D eigenvalue weighted by Crippen LogP contribution is -2.26. The van der Waals surface area contributed by atoms with Crippen molar-refractivity contribution in [2.75, 3.05) is 0 Å². The Hall–Kier alpha value is -3.22. The Morgan fingerprint density at radius 1 is 1.29 bits per heavy atom. The van der Waals surface area contributed by atoms with Crippen molar-refractivity contribution in [1.82, 2.24) is 10.3 Å². The molecule has 1 aromatic carbocycles. The van der Waals surface area contributed by atoms with Crippen molar-refractivity contribution < 1.29 is 9.72 Å². The number of rotatable bonds is 5. The van der Waals surface area contributed by atoms with Gasteiger partial charge in [0.25, 0.3) is 11.2 Å². The highest BCUT2D eigenvalue weighted by Crippen LogP contribution is 2.12. The Bertz CT molecular complexity index is 851. The summed E-state index contributed by atoms with van der Waals surface area (Å²) >= 11 is 0. The second-order valence-electron chi connectivity index (χ2n) is 5.34. The number of nitrogens with one attached hydrogen (secondary N) is 2. The number of aromatic amines is 1. The zero-order chi connectivity index (χ0) is 17.7. The van der Waals surface area contributed by atoms with Crippen molar-refractivity contribution in [3.8, 4) is 0 Å². The minimum atomic E-state index is -0.484. The average Bonchev–Trinajstić information content (AvgIpc) is 2.52. The van der Waals surface area contributed by atoms with Gasteiger partial charge in [-0.05, 0) is 49.2 Å². The predicted molar refractivity (Wildman–Crippen MR) is 90.5 cm³/mol. The van der Waals surface area contributed by atoms with Crippen LogP contribution in [0.5, 0.6) is 0 Å². The predicted octanol–water partition coefficient (Wildman–Crippen LogP) is 2.23. The summed E-state index contributed by atoms with van der Waals surface area (Å²) in [4.78, 5) is 36.5. The van der Waals surface area contributed by atoms with Gasteiger partial charge in [0.15, 0.2) is 0 Å². The van der Waals surface area contributed by atoms with Gasteiger partial charge in [-0.25, -0.2) is 0 Å². The van der Waals surface area contributed by atoms with Crippen molar-refractivity contribution in [1.29, 1.82) is 0 Å². The minimum absolute atomic E-state index is 0.00864. The number of pyridine rings is 1. The van der Waals surface area contributed by atoms with E-state index in [9.17, 15) is 19.7 Å². The van der Waals surface area contributed by atoms with Gasteiger partial charge in [-0.2, -0.15) is 0 Å². The molecule has 24 heavy (non-hydrogen) atoms. The van der Waals surface area contributed by atoms with Gasteiger partial charge in [-0.1, -0.05) is 0 Å². The number of H-pyrrole nitrogens is 1. The van der Waals surface area contributed by atoms with E-state index in [1.807, 2.05) is 13.0 Å². The summed E-state index contributed by atoms with van der Waals surface area (Å²) in [5, 5.41) is 13.2. The molecule has 0 saturated heterocycles. The molecule has 0 aliphatic rings. The molecule has 7 heteroatoms. The molecule has 1 amide bonds. The number of nitrogens with zero attached hydrogens (tertiary/aromatic N) is 1. The highest BCUT2D eigenvalue weighted by Gasteiger charge is 2.06. The Kier molecular flexibility index (Phi) is 5.26. The van der Waals surface area contributed by atoms with E-state index in [0.717, 1.165) is 11.3 Å². The first-order chi connectivity index (χ1) is 11.4. The van der Waals surface area contributed by atoms with Crippen LogP contribution < -0.4 is 10.9 Å².